The van der Waals surface area contributed by atoms with Crippen molar-refractivity contribution in [1.82, 2.24) is 15.0 Å². The summed E-state index contributed by atoms with van der Waals surface area (Å²) < 4.78 is 7.89. The second-order valence-electron chi connectivity index (χ2n) is 4.70. The van der Waals surface area contributed by atoms with Crippen molar-refractivity contribution >= 4 is 39.3 Å². The third kappa shape index (κ3) is 2.54. The van der Waals surface area contributed by atoms with Crippen LogP contribution in [0.15, 0.2) is 10.7 Å². The van der Waals surface area contributed by atoms with Crippen LogP contribution in [0.3, 0.4) is 0 Å². The summed E-state index contributed by atoms with van der Waals surface area (Å²) in [6.45, 7) is 5.92. The van der Waals surface area contributed by atoms with Gasteiger partial charge in [0.1, 0.15) is 11.0 Å². The first-order valence-corrected chi connectivity index (χ1v) is 8.27. The molecule has 102 valence electrons. The molecule has 0 unspecified atom stereocenters. The Balaban J connectivity index is 2.01. The Bertz CT molecular complexity index is 578. The first-order chi connectivity index (χ1) is 9.17. The van der Waals surface area contributed by atoms with E-state index < -0.39 is 0 Å². The molecule has 2 aromatic rings. The highest BCUT2D eigenvalue weighted by atomic mass is 32.2. The van der Waals surface area contributed by atoms with Crippen LogP contribution in [-0.4, -0.2) is 46.5 Å². The van der Waals surface area contributed by atoms with E-state index >= 15 is 0 Å². The Hall–Kier alpha value is -0.920. The maximum absolute atomic E-state index is 5.77. The second-order valence-corrected chi connectivity index (χ2v) is 6.75. The molecule has 5 nitrogen and oxygen atoms in total. The fraction of sp³-hybridized carbons (Fsp3) is 0.583. The van der Waals surface area contributed by atoms with Crippen molar-refractivity contribution in [3.63, 3.8) is 0 Å². The van der Waals surface area contributed by atoms with Gasteiger partial charge in [0, 0.05) is 13.1 Å². The quantitative estimate of drug-likeness (QED) is 0.793. The van der Waals surface area contributed by atoms with E-state index in [1.165, 1.54) is 0 Å². The van der Waals surface area contributed by atoms with E-state index in [1.807, 2.05) is 6.26 Å². The number of ether oxygens (including phenoxy) is 1. The van der Waals surface area contributed by atoms with Gasteiger partial charge in [0.15, 0.2) is 15.8 Å². The van der Waals surface area contributed by atoms with Crippen LogP contribution in [0.4, 0.5) is 5.82 Å². The summed E-state index contributed by atoms with van der Waals surface area (Å²) in [5.41, 5.74) is 0.797. The first-order valence-electron chi connectivity index (χ1n) is 6.23. The molecule has 0 bridgehead atoms. The maximum atomic E-state index is 5.77. The highest BCUT2D eigenvalue weighted by Crippen LogP contribution is 2.33. The third-order valence-corrected chi connectivity index (χ3v) is 5.07. The first kappa shape index (κ1) is 13.1. The van der Waals surface area contributed by atoms with Gasteiger partial charge in [-0.1, -0.05) is 11.8 Å². The molecule has 0 aliphatic carbocycles. The summed E-state index contributed by atoms with van der Waals surface area (Å²) in [6, 6.07) is 0. The summed E-state index contributed by atoms with van der Waals surface area (Å²) in [5.74, 6) is 0.991. The Labute approximate surface area is 120 Å². The lowest BCUT2D eigenvalue weighted by molar-refractivity contribution is -0.00536. The standard InChI is InChI=1S/C12H16N4OS2/c1-7-4-16(5-8(2)17-7)11-9-10(13-6-14-11)15-12(18-3)19-9/h6-8H,4-5H2,1-3H3/t7-,8+. The van der Waals surface area contributed by atoms with Crippen LogP contribution in [0.2, 0.25) is 0 Å². The van der Waals surface area contributed by atoms with E-state index in [1.54, 1.807) is 29.4 Å². The monoisotopic (exact) mass is 296 g/mol. The van der Waals surface area contributed by atoms with E-state index in [0.717, 1.165) is 33.6 Å². The molecule has 19 heavy (non-hydrogen) atoms. The molecule has 7 heteroatoms. The number of thiazole rings is 1. The molecule has 2 atom stereocenters. The number of anilines is 1. The molecule has 0 N–H and O–H groups in total. The van der Waals surface area contributed by atoms with Gasteiger partial charge in [0.05, 0.1) is 12.2 Å². The van der Waals surface area contributed by atoms with E-state index in [-0.39, 0.29) is 12.2 Å². The van der Waals surface area contributed by atoms with Gasteiger partial charge in [-0.2, -0.15) is 0 Å². The summed E-state index contributed by atoms with van der Waals surface area (Å²) >= 11 is 3.31. The molecular formula is C12H16N4OS2. The highest BCUT2D eigenvalue weighted by Gasteiger charge is 2.25. The van der Waals surface area contributed by atoms with Gasteiger partial charge in [-0.15, -0.1) is 11.3 Å². The van der Waals surface area contributed by atoms with E-state index in [2.05, 4.69) is 33.7 Å². The van der Waals surface area contributed by atoms with Gasteiger partial charge >= 0.3 is 0 Å². The van der Waals surface area contributed by atoms with Gasteiger partial charge in [0.2, 0.25) is 0 Å². The van der Waals surface area contributed by atoms with Crippen LogP contribution in [0.25, 0.3) is 10.3 Å². The van der Waals surface area contributed by atoms with E-state index in [4.69, 9.17) is 4.74 Å². The SMILES string of the molecule is CSc1nc2ncnc(N3C[C@@H](C)O[C@@H](C)C3)c2s1. The minimum absolute atomic E-state index is 0.224. The molecule has 0 spiro atoms. The number of aromatic nitrogens is 3. The van der Waals surface area contributed by atoms with Crippen LogP contribution in [0.1, 0.15) is 13.8 Å². The topological polar surface area (TPSA) is 51.1 Å². The van der Waals surface area contributed by atoms with Gasteiger partial charge in [-0.05, 0) is 20.1 Å². The number of fused-ring (bicyclic) bond motifs is 1. The van der Waals surface area contributed by atoms with Gasteiger partial charge in [-0.25, -0.2) is 15.0 Å². The van der Waals surface area contributed by atoms with Crippen molar-refractivity contribution in [3.8, 4) is 0 Å². The number of nitrogens with zero attached hydrogens (tertiary/aromatic N) is 4. The Morgan fingerprint density at radius 3 is 2.74 bits per heavy atom. The van der Waals surface area contributed by atoms with E-state index in [9.17, 15) is 0 Å². The summed E-state index contributed by atoms with van der Waals surface area (Å²) in [5, 5.41) is 0. The second kappa shape index (κ2) is 5.22. The molecule has 1 fully saturated rings. The molecule has 1 aliphatic rings. The highest BCUT2D eigenvalue weighted by molar-refractivity contribution is 8.00. The van der Waals surface area contributed by atoms with Crippen LogP contribution in [-0.2, 0) is 4.74 Å². The Kier molecular flexibility index (Phi) is 3.60. The van der Waals surface area contributed by atoms with Crippen molar-refractivity contribution in [1.29, 1.82) is 0 Å². The van der Waals surface area contributed by atoms with Gasteiger partial charge in [-0.3, -0.25) is 0 Å². The predicted molar refractivity (Wildman–Crippen MR) is 79.2 cm³/mol. The van der Waals surface area contributed by atoms with Crippen molar-refractivity contribution in [3.05, 3.63) is 6.33 Å². The lowest BCUT2D eigenvalue weighted by Gasteiger charge is -2.36. The van der Waals surface area contributed by atoms with Crippen LogP contribution in [0, 0.1) is 0 Å². The average Bonchev–Trinajstić information content (AvgIpc) is 2.80. The molecule has 3 rings (SSSR count). The van der Waals surface area contributed by atoms with Crippen LogP contribution in [0.5, 0.6) is 0 Å². The molecule has 0 aromatic carbocycles. The predicted octanol–water partition coefficient (Wildman–Crippen LogP) is 2.42. The molecule has 3 heterocycles. The molecule has 1 aliphatic heterocycles. The number of thioether (sulfide) groups is 1. The summed E-state index contributed by atoms with van der Waals surface area (Å²) in [7, 11) is 0. The molecular weight excluding hydrogens is 280 g/mol. The van der Waals surface area contributed by atoms with Crippen LogP contribution >= 0.6 is 23.1 Å². The Morgan fingerprint density at radius 1 is 1.32 bits per heavy atom. The van der Waals surface area contributed by atoms with Gasteiger partial charge in [0.25, 0.3) is 0 Å². The van der Waals surface area contributed by atoms with Crippen molar-refractivity contribution in [2.75, 3.05) is 24.2 Å². The van der Waals surface area contributed by atoms with Crippen molar-refractivity contribution in [2.24, 2.45) is 0 Å². The zero-order valence-electron chi connectivity index (χ0n) is 11.2. The van der Waals surface area contributed by atoms with Crippen LogP contribution < -0.4 is 4.90 Å². The Morgan fingerprint density at radius 2 is 2.05 bits per heavy atom. The third-order valence-electron chi connectivity index (χ3n) is 3.05. The molecule has 0 saturated carbocycles. The minimum atomic E-state index is 0.224. The van der Waals surface area contributed by atoms with Gasteiger partial charge < -0.3 is 9.64 Å². The average molecular weight is 296 g/mol. The zero-order valence-corrected chi connectivity index (χ0v) is 12.8. The minimum Gasteiger partial charge on any atom is -0.372 e. The number of hydrogen-bond donors (Lipinski definition) is 0. The maximum Gasteiger partial charge on any atom is 0.176 e. The van der Waals surface area contributed by atoms with Crippen molar-refractivity contribution < 1.29 is 4.74 Å². The molecule has 1 saturated heterocycles. The normalized spacial score (nSPS) is 24.1. The summed E-state index contributed by atoms with van der Waals surface area (Å²) in [6.07, 6.45) is 4.08. The number of morpholine rings is 1. The number of hydrogen-bond acceptors (Lipinski definition) is 7. The smallest absolute Gasteiger partial charge is 0.176 e. The fourth-order valence-electron chi connectivity index (χ4n) is 2.39. The molecule has 0 amide bonds. The summed E-state index contributed by atoms with van der Waals surface area (Å²) in [4.78, 5) is 15.5. The largest absolute Gasteiger partial charge is 0.372 e. The molecule has 0 radical (unpaired) electrons. The number of rotatable bonds is 2. The molecule has 2 aromatic heterocycles. The fourth-order valence-corrected chi connectivity index (χ4v) is 3.92. The lowest BCUT2D eigenvalue weighted by Crippen LogP contribution is -2.45. The lowest BCUT2D eigenvalue weighted by atomic mass is 10.2. The van der Waals surface area contributed by atoms with Crippen molar-refractivity contribution in [2.45, 2.75) is 30.4 Å². The zero-order chi connectivity index (χ0) is 13.4. The van der Waals surface area contributed by atoms with E-state index in [0.29, 0.717) is 0 Å².